The lowest BCUT2D eigenvalue weighted by atomic mass is 9.91. The first-order chi connectivity index (χ1) is 8.49. The molecule has 2 aromatic heterocycles. The molecule has 0 atom stereocenters. The van der Waals surface area contributed by atoms with Crippen molar-refractivity contribution in [1.82, 2.24) is 14.8 Å². The van der Waals surface area contributed by atoms with Crippen LogP contribution in [-0.4, -0.2) is 14.8 Å². The highest BCUT2D eigenvalue weighted by atomic mass is 35.5. The second-order valence-corrected chi connectivity index (χ2v) is 5.55. The first-order valence-corrected chi connectivity index (χ1v) is 6.16. The smallest absolute Gasteiger partial charge is 0.0674 e. The standard InChI is InChI=1S/C14H20N4.ClH/c1-14(2,3)13-5-4-11(7-16-13)9-18-10-12(6-15)8-17-18;/h4-5,7-8,10H,6,9,15H2,1-3H3;1H. The van der Waals surface area contributed by atoms with E-state index < -0.39 is 0 Å². The van der Waals surface area contributed by atoms with Crippen LogP contribution in [0.15, 0.2) is 30.7 Å². The van der Waals surface area contributed by atoms with E-state index in [1.165, 1.54) is 0 Å². The molecule has 0 fully saturated rings. The fraction of sp³-hybridized carbons (Fsp3) is 0.429. The lowest BCUT2D eigenvalue weighted by molar-refractivity contribution is 0.567. The van der Waals surface area contributed by atoms with Gasteiger partial charge in [0.25, 0.3) is 0 Å². The number of nitrogens with zero attached hydrogens (tertiary/aromatic N) is 3. The Kier molecular flexibility index (Phi) is 5.09. The Hall–Kier alpha value is -1.39. The van der Waals surface area contributed by atoms with Crippen molar-refractivity contribution < 1.29 is 0 Å². The van der Waals surface area contributed by atoms with Crippen LogP contribution in [0.3, 0.4) is 0 Å². The van der Waals surface area contributed by atoms with Gasteiger partial charge in [-0.15, -0.1) is 12.4 Å². The van der Waals surface area contributed by atoms with Crippen LogP contribution in [0.25, 0.3) is 0 Å². The summed E-state index contributed by atoms with van der Waals surface area (Å²) in [5.41, 5.74) is 8.96. The largest absolute Gasteiger partial charge is 0.326 e. The van der Waals surface area contributed by atoms with Crippen LogP contribution in [0.4, 0.5) is 0 Å². The molecular weight excluding hydrogens is 260 g/mol. The molecule has 0 spiro atoms. The number of hydrogen-bond acceptors (Lipinski definition) is 3. The van der Waals surface area contributed by atoms with Crippen molar-refractivity contribution in [2.45, 2.75) is 39.3 Å². The zero-order chi connectivity index (χ0) is 13.2. The second-order valence-electron chi connectivity index (χ2n) is 5.55. The SMILES string of the molecule is CC(C)(C)c1ccc(Cn2cc(CN)cn2)cn1.Cl. The number of hydrogen-bond donors (Lipinski definition) is 1. The molecule has 5 heteroatoms. The fourth-order valence-electron chi connectivity index (χ4n) is 1.75. The van der Waals surface area contributed by atoms with Crippen LogP contribution in [0, 0.1) is 0 Å². The molecule has 2 N–H and O–H groups in total. The highest BCUT2D eigenvalue weighted by molar-refractivity contribution is 5.85. The molecule has 0 saturated carbocycles. The molecule has 0 aliphatic carbocycles. The van der Waals surface area contributed by atoms with Crippen molar-refractivity contribution in [1.29, 1.82) is 0 Å². The molecule has 0 unspecified atom stereocenters. The Morgan fingerprint density at radius 3 is 2.37 bits per heavy atom. The van der Waals surface area contributed by atoms with Crippen molar-refractivity contribution in [2.24, 2.45) is 5.73 Å². The second kappa shape index (κ2) is 6.17. The van der Waals surface area contributed by atoms with Crippen LogP contribution in [0.1, 0.15) is 37.6 Å². The molecule has 0 aromatic carbocycles. The third-order valence-electron chi connectivity index (χ3n) is 2.86. The summed E-state index contributed by atoms with van der Waals surface area (Å²) in [5.74, 6) is 0. The Morgan fingerprint density at radius 2 is 1.89 bits per heavy atom. The van der Waals surface area contributed by atoms with Gasteiger partial charge in [-0.25, -0.2) is 0 Å². The third-order valence-corrected chi connectivity index (χ3v) is 2.86. The molecule has 2 aromatic rings. The molecule has 19 heavy (non-hydrogen) atoms. The van der Waals surface area contributed by atoms with E-state index in [4.69, 9.17) is 5.73 Å². The van der Waals surface area contributed by atoms with Crippen LogP contribution in [0.2, 0.25) is 0 Å². The maximum absolute atomic E-state index is 5.56. The van der Waals surface area contributed by atoms with Crippen LogP contribution in [-0.2, 0) is 18.5 Å². The summed E-state index contributed by atoms with van der Waals surface area (Å²) in [5, 5.41) is 4.26. The van der Waals surface area contributed by atoms with E-state index in [0.29, 0.717) is 6.54 Å². The summed E-state index contributed by atoms with van der Waals surface area (Å²) in [7, 11) is 0. The van der Waals surface area contributed by atoms with Gasteiger partial charge in [0.15, 0.2) is 0 Å². The average molecular weight is 281 g/mol. The van der Waals surface area contributed by atoms with Crippen molar-refractivity contribution in [2.75, 3.05) is 0 Å². The van der Waals surface area contributed by atoms with Gasteiger partial charge < -0.3 is 5.73 Å². The minimum Gasteiger partial charge on any atom is -0.326 e. The zero-order valence-electron chi connectivity index (χ0n) is 11.6. The van der Waals surface area contributed by atoms with Gasteiger partial charge >= 0.3 is 0 Å². The van der Waals surface area contributed by atoms with E-state index in [-0.39, 0.29) is 17.8 Å². The van der Waals surface area contributed by atoms with E-state index in [9.17, 15) is 0 Å². The maximum atomic E-state index is 5.56. The summed E-state index contributed by atoms with van der Waals surface area (Å²) < 4.78 is 1.88. The van der Waals surface area contributed by atoms with Gasteiger partial charge in [0.1, 0.15) is 0 Å². The van der Waals surface area contributed by atoms with Gasteiger partial charge in [-0.1, -0.05) is 26.8 Å². The Bertz CT molecular complexity index is 511. The zero-order valence-corrected chi connectivity index (χ0v) is 12.4. The monoisotopic (exact) mass is 280 g/mol. The van der Waals surface area contributed by atoms with Gasteiger partial charge in [-0.2, -0.15) is 5.10 Å². The summed E-state index contributed by atoms with van der Waals surface area (Å²) in [6.07, 6.45) is 5.69. The quantitative estimate of drug-likeness (QED) is 0.940. The molecule has 2 heterocycles. The highest BCUT2D eigenvalue weighted by Crippen LogP contribution is 2.19. The first kappa shape index (κ1) is 15.7. The normalized spacial score (nSPS) is 11.2. The van der Waals surface area contributed by atoms with Gasteiger partial charge in [0.05, 0.1) is 12.7 Å². The third kappa shape index (κ3) is 4.04. The predicted octanol–water partition coefficient (Wildman–Crippen LogP) is 2.50. The minimum atomic E-state index is 0. The van der Waals surface area contributed by atoms with Crippen molar-refractivity contribution in [3.63, 3.8) is 0 Å². The van der Waals surface area contributed by atoms with Crippen molar-refractivity contribution >= 4 is 12.4 Å². The number of rotatable bonds is 3. The lowest BCUT2D eigenvalue weighted by Gasteiger charge is -2.17. The number of aromatic nitrogens is 3. The maximum Gasteiger partial charge on any atom is 0.0674 e. The molecule has 104 valence electrons. The Morgan fingerprint density at radius 1 is 1.16 bits per heavy atom. The first-order valence-electron chi connectivity index (χ1n) is 6.16. The number of nitrogens with two attached hydrogens (primary N) is 1. The number of pyridine rings is 1. The Labute approximate surface area is 120 Å². The molecule has 0 saturated heterocycles. The average Bonchev–Trinajstić information content (AvgIpc) is 2.76. The predicted molar refractivity (Wildman–Crippen MR) is 79.4 cm³/mol. The Balaban J connectivity index is 0.00000180. The minimum absolute atomic E-state index is 0. The molecule has 4 nitrogen and oxygen atoms in total. The van der Waals surface area contributed by atoms with E-state index in [2.05, 4.69) is 43.0 Å². The van der Waals surface area contributed by atoms with Crippen LogP contribution >= 0.6 is 12.4 Å². The van der Waals surface area contributed by atoms with Gasteiger partial charge in [0.2, 0.25) is 0 Å². The number of halogens is 1. The lowest BCUT2D eigenvalue weighted by Crippen LogP contribution is -2.13. The van der Waals surface area contributed by atoms with E-state index in [1.807, 2.05) is 17.1 Å². The fourth-order valence-corrected chi connectivity index (χ4v) is 1.75. The molecule has 0 aliphatic heterocycles. The molecular formula is C14H21ClN4. The highest BCUT2D eigenvalue weighted by Gasteiger charge is 2.14. The molecule has 0 bridgehead atoms. The summed E-state index contributed by atoms with van der Waals surface area (Å²) in [6, 6.07) is 4.19. The van der Waals surface area contributed by atoms with Crippen molar-refractivity contribution in [3.05, 3.63) is 47.5 Å². The van der Waals surface area contributed by atoms with E-state index in [1.54, 1.807) is 6.20 Å². The van der Waals surface area contributed by atoms with E-state index >= 15 is 0 Å². The van der Waals surface area contributed by atoms with Crippen molar-refractivity contribution in [3.8, 4) is 0 Å². The van der Waals surface area contributed by atoms with Crippen LogP contribution < -0.4 is 5.73 Å². The van der Waals surface area contributed by atoms with Crippen LogP contribution in [0.5, 0.6) is 0 Å². The molecule has 0 aliphatic rings. The molecule has 0 amide bonds. The molecule has 2 rings (SSSR count). The van der Waals surface area contributed by atoms with Gasteiger partial charge in [-0.05, 0) is 11.6 Å². The summed E-state index contributed by atoms with van der Waals surface area (Å²) in [6.45, 7) is 7.75. The van der Waals surface area contributed by atoms with Gasteiger partial charge in [0, 0.05) is 35.6 Å². The topological polar surface area (TPSA) is 56.7 Å². The van der Waals surface area contributed by atoms with Gasteiger partial charge in [-0.3, -0.25) is 9.67 Å². The summed E-state index contributed by atoms with van der Waals surface area (Å²) >= 11 is 0. The molecule has 0 radical (unpaired) electrons. The van der Waals surface area contributed by atoms with E-state index in [0.717, 1.165) is 23.4 Å². The summed E-state index contributed by atoms with van der Waals surface area (Å²) in [4.78, 5) is 4.51.